The van der Waals surface area contributed by atoms with Crippen LogP contribution in [0, 0.1) is 26.0 Å². The summed E-state index contributed by atoms with van der Waals surface area (Å²) in [6.45, 7) is 8.90. The van der Waals surface area contributed by atoms with E-state index in [2.05, 4.69) is 136 Å². The summed E-state index contributed by atoms with van der Waals surface area (Å²) >= 11 is 0. The quantitative estimate of drug-likeness (QED) is 0.165. The maximum absolute atomic E-state index is 5.80. The maximum Gasteiger partial charge on any atom is 0.141 e. The van der Waals surface area contributed by atoms with Crippen LogP contribution in [0.2, 0.25) is 0 Å². The van der Waals surface area contributed by atoms with Crippen LogP contribution < -0.4 is 0 Å². The minimum absolute atomic E-state index is 0. The van der Waals surface area contributed by atoms with Gasteiger partial charge in [0.15, 0.2) is 0 Å². The maximum atomic E-state index is 5.80. The second-order valence-electron chi connectivity index (χ2n) is 14.4. The number of hydrogen-bond acceptors (Lipinski definition) is 4. The van der Waals surface area contributed by atoms with Crippen LogP contribution in [0.1, 0.15) is 36.1 Å². The fourth-order valence-electron chi connectivity index (χ4n) is 7.73. The largest absolute Gasteiger partial charge is 0.481 e. The van der Waals surface area contributed by atoms with Crippen molar-refractivity contribution in [3.05, 3.63) is 186 Å². The second kappa shape index (κ2) is 14.7. The summed E-state index contributed by atoms with van der Waals surface area (Å²) in [5.74, 6) is 1.33. The fraction of sp³-hybridized carbons (Fsp3) is 0.100. The Morgan fingerprint density at radius 3 is 2.07 bits per heavy atom. The number of para-hydroxylation sites is 3. The van der Waals surface area contributed by atoms with Gasteiger partial charge in [-0.2, -0.15) is 0 Å². The van der Waals surface area contributed by atoms with Gasteiger partial charge >= 0.3 is 0 Å². The summed E-state index contributed by atoms with van der Waals surface area (Å²) in [5, 5.41) is 1.08. The standard InChI is InChI=1S/C31H25N2.C19H12NO.Ir/c1-19-10-9-11-20(2)28(19)29-24-13-6-8-15-27(24)32-30(33-29)21-16-17-23-22-12-5-7-14-25(22)31(3,4)26(23)18-21;1-2-7-14(8-3-1)15-9-6-10-16(13-15)19-20-17-11-4-5-12-18(17)21-19;/h5-15,17-18H,1-4H3;1-9,11-13H;/q2*-1;. The zero-order valence-corrected chi connectivity index (χ0v) is 33.4. The normalized spacial score (nSPS) is 12.4. The Morgan fingerprint density at radius 1 is 0.564 bits per heavy atom. The molecule has 0 bridgehead atoms. The van der Waals surface area contributed by atoms with Gasteiger partial charge in [0.1, 0.15) is 11.5 Å². The van der Waals surface area contributed by atoms with Gasteiger partial charge in [0.25, 0.3) is 0 Å². The van der Waals surface area contributed by atoms with Crippen LogP contribution in [0.3, 0.4) is 0 Å². The summed E-state index contributed by atoms with van der Waals surface area (Å²) < 4.78 is 5.80. The van der Waals surface area contributed by atoms with Gasteiger partial charge in [-0.1, -0.05) is 134 Å². The molecule has 0 atom stereocenters. The molecule has 269 valence electrons. The third-order valence-corrected chi connectivity index (χ3v) is 10.5. The summed E-state index contributed by atoms with van der Waals surface area (Å²) in [6, 6.07) is 58.5. The zero-order valence-electron chi connectivity index (χ0n) is 31.0. The number of hydrogen-bond donors (Lipinski definition) is 0. The number of oxazole rings is 1. The van der Waals surface area contributed by atoms with Crippen LogP contribution in [0.4, 0.5) is 0 Å². The minimum atomic E-state index is -0.0674. The molecule has 9 aromatic rings. The average Bonchev–Trinajstić information content (AvgIpc) is 3.75. The van der Waals surface area contributed by atoms with Crippen LogP contribution in [-0.2, 0) is 25.5 Å². The van der Waals surface area contributed by atoms with Crippen LogP contribution in [0.15, 0.2) is 156 Å². The first kappa shape index (κ1) is 36.0. The fourth-order valence-corrected chi connectivity index (χ4v) is 7.73. The first-order chi connectivity index (χ1) is 26.3. The molecule has 1 aliphatic carbocycles. The minimum Gasteiger partial charge on any atom is -0.481 e. The molecule has 0 amide bonds. The Bertz CT molecular complexity index is 2790. The second-order valence-corrected chi connectivity index (χ2v) is 14.4. The molecule has 2 aromatic heterocycles. The molecule has 0 saturated carbocycles. The summed E-state index contributed by atoms with van der Waals surface area (Å²) in [7, 11) is 0. The number of aromatic nitrogens is 3. The van der Waals surface area contributed by atoms with Gasteiger partial charge < -0.3 is 4.42 Å². The molecule has 4 nitrogen and oxygen atoms in total. The van der Waals surface area contributed by atoms with Gasteiger partial charge in [-0.25, -0.2) is 0 Å². The van der Waals surface area contributed by atoms with Crippen LogP contribution in [0.25, 0.3) is 78.4 Å². The van der Waals surface area contributed by atoms with Gasteiger partial charge in [-0.05, 0) is 59.7 Å². The van der Waals surface area contributed by atoms with Crippen LogP contribution in [0.5, 0.6) is 0 Å². The Balaban J connectivity index is 0.000000168. The Kier molecular flexibility index (Phi) is 9.61. The molecule has 0 unspecified atom stereocenters. The molecule has 7 aromatic carbocycles. The van der Waals surface area contributed by atoms with Crippen molar-refractivity contribution >= 4 is 22.0 Å². The molecule has 1 aliphatic rings. The molecule has 0 N–H and O–H groups in total. The van der Waals surface area contributed by atoms with Gasteiger partial charge in [0, 0.05) is 31.1 Å². The van der Waals surface area contributed by atoms with Gasteiger partial charge in [-0.15, -0.1) is 59.2 Å². The van der Waals surface area contributed by atoms with E-state index in [-0.39, 0.29) is 25.5 Å². The van der Waals surface area contributed by atoms with Gasteiger partial charge in [0.05, 0.1) is 22.6 Å². The van der Waals surface area contributed by atoms with E-state index in [9.17, 15) is 0 Å². The van der Waals surface area contributed by atoms with Gasteiger partial charge in [-0.3, -0.25) is 15.0 Å². The van der Waals surface area contributed by atoms with Crippen molar-refractivity contribution in [3.8, 4) is 56.4 Å². The molecule has 0 saturated heterocycles. The van der Waals surface area contributed by atoms with E-state index >= 15 is 0 Å². The molecule has 0 fully saturated rings. The van der Waals surface area contributed by atoms with Crippen LogP contribution >= 0.6 is 0 Å². The van der Waals surface area contributed by atoms with E-state index in [0.29, 0.717) is 5.89 Å². The number of fused-ring (bicyclic) bond motifs is 5. The van der Waals surface area contributed by atoms with Crippen molar-refractivity contribution in [1.82, 2.24) is 15.0 Å². The molecule has 0 spiro atoms. The number of benzene rings is 7. The predicted molar refractivity (Wildman–Crippen MR) is 220 cm³/mol. The predicted octanol–water partition coefficient (Wildman–Crippen LogP) is 12.6. The van der Waals surface area contributed by atoms with Crippen molar-refractivity contribution in [3.63, 3.8) is 0 Å². The van der Waals surface area contributed by atoms with Crippen molar-refractivity contribution < 1.29 is 24.5 Å². The Morgan fingerprint density at radius 2 is 1.27 bits per heavy atom. The Labute approximate surface area is 335 Å². The van der Waals surface area contributed by atoms with Crippen molar-refractivity contribution in [2.45, 2.75) is 33.1 Å². The number of aryl methyl sites for hydroxylation is 2. The molecule has 55 heavy (non-hydrogen) atoms. The van der Waals surface area contributed by atoms with Crippen LogP contribution in [-0.4, -0.2) is 15.0 Å². The van der Waals surface area contributed by atoms with Gasteiger partial charge in [0.2, 0.25) is 0 Å². The third-order valence-electron chi connectivity index (χ3n) is 10.5. The SMILES string of the molecule is Cc1cccc(C)c1-c1nc(-c2[c-]cc3c(c2)C(C)(C)c2ccccc2-3)nc2ccccc12.[Ir].[c-]1ccc(-c2ccccc2)cc1-c1nc2ccccc2o1. The smallest absolute Gasteiger partial charge is 0.141 e. The summed E-state index contributed by atoms with van der Waals surface area (Å²) in [5.41, 5.74) is 16.5. The van der Waals surface area contributed by atoms with E-state index in [4.69, 9.17) is 14.4 Å². The molecular formula is C50H37IrN3O-2. The third kappa shape index (κ3) is 6.61. The zero-order chi connectivity index (χ0) is 36.8. The topological polar surface area (TPSA) is 51.8 Å². The Hall–Kier alpha value is -6.00. The summed E-state index contributed by atoms with van der Waals surface area (Å²) in [6.07, 6.45) is 0. The summed E-state index contributed by atoms with van der Waals surface area (Å²) in [4.78, 5) is 14.6. The first-order valence-corrected chi connectivity index (χ1v) is 18.3. The number of rotatable bonds is 4. The van der Waals surface area contributed by atoms with E-state index in [1.54, 1.807) is 0 Å². The average molecular weight is 888 g/mol. The van der Waals surface area contributed by atoms with E-state index < -0.39 is 0 Å². The molecule has 10 rings (SSSR count). The monoisotopic (exact) mass is 888 g/mol. The van der Waals surface area contributed by atoms with E-state index in [1.165, 1.54) is 44.5 Å². The van der Waals surface area contributed by atoms with Crippen molar-refractivity contribution in [1.29, 1.82) is 0 Å². The number of nitrogens with zero attached hydrogens (tertiary/aromatic N) is 3. The molecule has 1 radical (unpaired) electrons. The molecule has 5 heteroatoms. The molecular weight excluding hydrogens is 851 g/mol. The first-order valence-electron chi connectivity index (χ1n) is 18.3. The van der Waals surface area contributed by atoms with E-state index in [0.717, 1.165) is 50.2 Å². The molecule has 2 heterocycles. The van der Waals surface area contributed by atoms with E-state index in [1.807, 2.05) is 60.7 Å². The van der Waals surface area contributed by atoms with Crippen molar-refractivity contribution in [2.75, 3.05) is 0 Å². The van der Waals surface area contributed by atoms with Crippen molar-refractivity contribution in [2.24, 2.45) is 0 Å². The molecule has 0 aliphatic heterocycles.